The van der Waals surface area contributed by atoms with Gasteiger partial charge in [0.1, 0.15) is 17.0 Å². The number of fused-ring (bicyclic) bond motifs is 1. The summed E-state index contributed by atoms with van der Waals surface area (Å²) in [4.78, 5) is 14.0. The van der Waals surface area contributed by atoms with Crippen molar-refractivity contribution in [1.82, 2.24) is 15.3 Å². The van der Waals surface area contributed by atoms with Crippen LogP contribution in [0.4, 0.5) is 5.82 Å². The van der Waals surface area contributed by atoms with Crippen LogP contribution in [0.5, 0.6) is 0 Å². The smallest absolute Gasteiger partial charge is 0.140 e. The van der Waals surface area contributed by atoms with Crippen molar-refractivity contribution in [3.8, 4) is 0 Å². The Morgan fingerprint density at radius 2 is 2.19 bits per heavy atom. The molecule has 0 aliphatic carbocycles. The Kier molecular flexibility index (Phi) is 3.34. The number of aromatic nitrogens is 2. The molecule has 2 fully saturated rings. The fraction of sp³-hybridized carbons (Fsp3) is 0.625. The minimum Gasteiger partial charge on any atom is -0.355 e. The predicted octanol–water partition coefficient (Wildman–Crippen LogP) is 2.97. The minimum absolute atomic E-state index is 0.457. The number of hydrogen-bond donors (Lipinski definition) is 1. The van der Waals surface area contributed by atoms with Gasteiger partial charge in [-0.25, -0.2) is 9.97 Å². The molecule has 0 radical (unpaired) electrons. The van der Waals surface area contributed by atoms with Crippen molar-refractivity contribution in [3.05, 3.63) is 17.3 Å². The van der Waals surface area contributed by atoms with Crippen molar-refractivity contribution in [2.45, 2.75) is 32.6 Å². The maximum atomic E-state index is 4.62. The average Bonchev–Trinajstić information content (AvgIpc) is 2.88. The minimum atomic E-state index is 0.457. The third-order valence-corrected chi connectivity index (χ3v) is 5.91. The molecule has 1 atom stereocenters. The molecule has 4 rings (SSSR count). The van der Waals surface area contributed by atoms with Crippen LogP contribution in [0.3, 0.4) is 0 Å². The summed E-state index contributed by atoms with van der Waals surface area (Å²) in [6.45, 7) is 6.77. The van der Waals surface area contributed by atoms with Crippen LogP contribution in [-0.2, 0) is 0 Å². The first-order valence-corrected chi connectivity index (χ1v) is 8.74. The Morgan fingerprint density at radius 3 is 3.05 bits per heavy atom. The number of rotatable bonds is 1. The zero-order valence-electron chi connectivity index (χ0n) is 12.6. The molecule has 5 heteroatoms. The summed E-state index contributed by atoms with van der Waals surface area (Å²) in [6, 6.07) is 2.25. The Labute approximate surface area is 129 Å². The van der Waals surface area contributed by atoms with Gasteiger partial charge in [0, 0.05) is 29.9 Å². The molecule has 0 saturated carbocycles. The Morgan fingerprint density at radius 1 is 1.29 bits per heavy atom. The molecule has 4 heterocycles. The number of nitrogens with zero attached hydrogens (tertiary/aromatic N) is 3. The van der Waals surface area contributed by atoms with Crippen molar-refractivity contribution >= 4 is 27.4 Å². The van der Waals surface area contributed by atoms with Gasteiger partial charge in [-0.1, -0.05) is 0 Å². The van der Waals surface area contributed by atoms with Gasteiger partial charge in [0.25, 0.3) is 0 Å². The Balaban J connectivity index is 1.68. The molecular formula is C16H22N4S. The van der Waals surface area contributed by atoms with Gasteiger partial charge >= 0.3 is 0 Å². The van der Waals surface area contributed by atoms with Crippen LogP contribution in [-0.4, -0.2) is 36.1 Å². The first-order chi connectivity index (χ1) is 10.3. The largest absolute Gasteiger partial charge is 0.355 e. The zero-order valence-corrected chi connectivity index (χ0v) is 13.4. The summed E-state index contributed by atoms with van der Waals surface area (Å²) in [7, 11) is 0. The summed E-state index contributed by atoms with van der Waals surface area (Å²) in [5.74, 6) is 1.15. The highest BCUT2D eigenvalue weighted by molar-refractivity contribution is 7.18. The van der Waals surface area contributed by atoms with Gasteiger partial charge in [0.05, 0.1) is 5.39 Å². The molecule has 2 aliphatic rings. The number of piperidine rings is 2. The molecule has 0 aromatic carbocycles. The van der Waals surface area contributed by atoms with E-state index in [0.717, 1.165) is 23.7 Å². The SMILES string of the molecule is Cc1cc2c(N3CCCC4(CCCNC4)C3)ncnc2s1. The molecule has 2 saturated heterocycles. The molecule has 2 aromatic rings. The second-order valence-corrected chi connectivity index (χ2v) is 7.81. The molecule has 1 N–H and O–H groups in total. The first-order valence-electron chi connectivity index (χ1n) is 7.93. The highest BCUT2D eigenvalue weighted by Crippen LogP contribution is 2.39. The molecule has 0 amide bonds. The maximum Gasteiger partial charge on any atom is 0.140 e. The van der Waals surface area contributed by atoms with E-state index in [1.165, 1.54) is 49.0 Å². The van der Waals surface area contributed by atoms with Crippen molar-refractivity contribution in [2.75, 3.05) is 31.1 Å². The molecule has 2 aliphatic heterocycles. The molecule has 0 bridgehead atoms. The van der Waals surface area contributed by atoms with Gasteiger partial charge in [0.15, 0.2) is 0 Å². The fourth-order valence-electron chi connectivity index (χ4n) is 3.98. The molecule has 1 spiro atoms. The average molecular weight is 302 g/mol. The quantitative estimate of drug-likeness (QED) is 0.879. The van der Waals surface area contributed by atoms with Gasteiger partial charge in [-0.15, -0.1) is 11.3 Å². The van der Waals surface area contributed by atoms with E-state index in [9.17, 15) is 0 Å². The van der Waals surface area contributed by atoms with Crippen molar-refractivity contribution in [1.29, 1.82) is 0 Å². The summed E-state index contributed by atoms with van der Waals surface area (Å²) in [5.41, 5.74) is 0.457. The number of aryl methyl sites for hydroxylation is 1. The molecule has 2 aromatic heterocycles. The van der Waals surface area contributed by atoms with Crippen LogP contribution in [0.25, 0.3) is 10.2 Å². The molecule has 4 nitrogen and oxygen atoms in total. The van der Waals surface area contributed by atoms with Gasteiger partial charge < -0.3 is 10.2 Å². The van der Waals surface area contributed by atoms with E-state index < -0.39 is 0 Å². The molecule has 112 valence electrons. The van der Waals surface area contributed by atoms with Crippen molar-refractivity contribution in [3.63, 3.8) is 0 Å². The van der Waals surface area contributed by atoms with E-state index in [2.05, 4.69) is 33.2 Å². The highest BCUT2D eigenvalue weighted by atomic mass is 32.1. The third-order valence-electron chi connectivity index (χ3n) is 4.95. The van der Waals surface area contributed by atoms with Crippen LogP contribution in [0.1, 0.15) is 30.6 Å². The number of nitrogens with one attached hydrogen (secondary N) is 1. The van der Waals surface area contributed by atoms with E-state index in [1.807, 2.05) is 0 Å². The lowest BCUT2D eigenvalue weighted by Crippen LogP contribution is -2.51. The van der Waals surface area contributed by atoms with Crippen LogP contribution in [0.2, 0.25) is 0 Å². The van der Waals surface area contributed by atoms with E-state index in [-0.39, 0.29) is 0 Å². The van der Waals surface area contributed by atoms with Crippen molar-refractivity contribution in [2.24, 2.45) is 5.41 Å². The Hall–Kier alpha value is -1.20. The van der Waals surface area contributed by atoms with E-state index in [1.54, 1.807) is 17.7 Å². The predicted molar refractivity (Wildman–Crippen MR) is 88.1 cm³/mol. The maximum absolute atomic E-state index is 4.62. The van der Waals surface area contributed by atoms with Crippen LogP contribution >= 0.6 is 11.3 Å². The monoisotopic (exact) mass is 302 g/mol. The topological polar surface area (TPSA) is 41.0 Å². The van der Waals surface area contributed by atoms with E-state index in [0.29, 0.717) is 5.41 Å². The van der Waals surface area contributed by atoms with E-state index >= 15 is 0 Å². The lowest BCUT2D eigenvalue weighted by molar-refractivity contribution is 0.173. The standard InChI is InChI=1S/C16H22N4S/c1-12-8-13-14(18-11-19-15(13)21-12)20-7-3-5-16(10-20)4-2-6-17-9-16/h8,11,17H,2-7,9-10H2,1H3. The molecule has 1 unspecified atom stereocenters. The van der Waals surface area contributed by atoms with E-state index in [4.69, 9.17) is 0 Å². The van der Waals surface area contributed by atoms with Gasteiger partial charge in [-0.2, -0.15) is 0 Å². The molecular weight excluding hydrogens is 280 g/mol. The summed E-state index contributed by atoms with van der Waals surface area (Å²) >= 11 is 1.77. The van der Waals surface area contributed by atoms with Gasteiger partial charge in [0.2, 0.25) is 0 Å². The summed E-state index contributed by atoms with van der Waals surface area (Å²) < 4.78 is 0. The summed E-state index contributed by atoms with van der Waals surface area (Å²) in [6.07, 6.45) is 7.02. The number of hydrogen-bond acceptors (Lipinski definition) is 5. The van der Waals surface area contributed by atoms with Crippen molar-refractivity contribution < 1.29 is 0 Å². The zero-order chi connectivity index (χ0) is 14.3. The van der Waals surface area contributed by atoms with Crippen LogP contribution < -0.4 is 10.2 Å². The molecule has 21 heavy (non-hydrogen) atoms. The summed E-state index contributed by atoms with van der Waals surface area (Å²) in [5, 5.41) is 4.84. The Bertz CT molecular complexity index is 639. The number of anilines is 1. The lowest BCUT2D eigenvalue weighted by atomic mass is 9.74. The van der Waals surface area contributed by atoms with Gasteiger partial charge in [-0.05, 0) is 45.2 Å². The second kappa shape index (κ2) is 5.21. The third kappa shape index (κ3) is 2.42. The van der Waals surface area contributed by atoms with Crippen LogP contribution in [0, 0.1) is 12.3 Å². The lowest BCUT2D eigenvalue weighted by Gasteiger charge is -2.46. The first kappa shape index (κ1) is 13.5. The normalized spacial score (nSPS) is 26.6. The number of thiophene rings is 1. The van der Waals surface area contributed by atoms with Gasteiger partial charge in [-0.3, -0.25) is 0 Å². The van der Waals surface area contributed by atoms with Crippen LogP contribution in [0.15, 0.2) is 12.4 Å². The highest BCUT2D eigenvalue weighted by Gasteiger charge is 2.37. The fourth-order valence-corrected chi connectivity index (χ4v) is 4.82. The second-order valence-electron chi connectivity index (χ2n) is 6.58.